The second-order valence-corrected chi connectivity index (χ2v) is 7.83. The van der Waals surface area contributed by atoms with Crippen LogP contribution in [-0.4, -0.2) is 21.8 Å². The first-order valence-corrected chi connectivity index (χ1v) is 10.2. The van der Waals surface area contributed by atoms with Crippen molar-refractivity contribution in [3.05, 3.63) is 82.1 Å². The van der Waals surface area contributed by atoms with E-state index in [1.165, 1.54) is 11.3 Å². The van der Waals surface area contributed by atoms with Crippen molar-refractivity contribution in [1.82, 2.24) is 9.97 Å². The zero-order valence-electron chi connectivity index (χ0n) is 16.7. The van der Waals surface area contributed by atoms with Gasteiger partial charge in [-0.3, -0.25) is 4.79 Å². The van der Waals surface area contributed by atoms with Crippen LogP contribution in [0.4, 0.5) is 5.69 Å². The number of aryl methyl sites for hydroxylation is 3. The van der Waals surface area contributed by atoms with Crippen molar-refractivity contribution in [3.8, 4) is 5.75 Å². The maximum absolute atomic E-state index is 12.7. The predicted molar refractivity (Wildman–Crippen MR) is 117 cm³/mol. The molecule has 4 rings (SSSR count). The Morgan fingerprint density at radius 3 is 2.33 bits per heavy atom. The fraction of sp³-hybridized carbons (Fsp3) is 0.130. The highest BCUT2D eigenvalue weighted by Gasteiger charge is 2.20. The minimum Gasteiger partial charge on any atom is -0.422 e. The number of thiophene rings is 1. The average molecular weight is 417 g/mol. The zero-order valence-corrected chi connectivity index (χ0v) is 17.5. The largest absolute Gasteiger partial charge is 0.422 e. The lowest BCUT2D eigenvalue weighted by atomic mass is 10.1. The second kappa shape index (κ2) is 8.04. The summed E-state index contributed by atoms with van der Waals surface area (Å²) in [5.74, 6) is 0.435. The quantitative estimate of drug-likeness (QED) is 0.370. The highest BCUT2D eigenvalue weighted by molar-refractivity contribution is 7.20. The Hall–Kier alpha value is -3.58. The summed E-state index contributed by atoms with van der Waals surface area (Å²) in [5.41, 5.74) is 2.86. The van der Waals surface area contributed by atoms with E-state index in [0.717, 1.165) is 21.5 Å². The molecule has 150 valence electrons. The van der Waals surface area contributed by atoms with Gasteiger partial charge in [-0.25, -0.2) is 14.8 Å². The van der Waals surface area contributed by atoms with E-state index in [1.807, 2.05) is 39.0 Å². The first kappa shape index (κ1) is 19.7. The van der Waals surface area contributed by atoms with Crippen molar-refractivity contribution >= 4 is 39.1 Å². The topological polar surface area (TPSA) is 81.2 Å². The summed E-state index contributed by atoms with van der Waals surface area (Å²) in [4.78, 5) is 35.1. The van der Waals surface area contributed by atoms with Gasteiger partial charge in [-0.15, -0.1) is 11.3 Å². The number of hydrogen-bond donors (Lipinski definition) is 1. The van der Waals surface area contributed by atoms with Crippen molar-refractivity contribution in [1.29, 1.82) is 0 Å². The molecule has 0 spiro atoms. The van der Waals surface area contributed by atoms with Crippen LogP contribution in [0.3, 0.4) is 0 Å². The second-order valence-electron chi connectivity index (χ2n) is 6.83. The monoisotopic (exact) mass is 417 g/mol. The molecule has 0 aliphatic rings. The smallest absolute Gasteiger partial charge is 0.354 e. The SMILES string of the molecule is Cc1nc(C)c2c(C)c(C(=O)Oc3ccc(NC(=O)c4ccccc4)cc3)sc2n1. The van der Waals surface area contributed by atoms with E-state index >= 15 is 0 Å². The van der Waals surface area contributed by atoms with Gasteiger partial charge in [0.05, 0.1) is 0 Å². The Balaban J connectivity index is 1.49. The molecule has 2 aromatic heterocycles. The van der Waals surface area contributed by atoms with Crippen LogP contribution in [0.15, 0.2) is 54.6 Å². The van der Waals surface area contributed by atoms with E-state index in [2.05, 4.69) is 15.3 Å². The number of fused-ring (bicyclic) bond motifs is 1. The normalized spacial score (nSPS) is 10.8. The zero-order chi connectivity index (χ0) is 21.3. The summed E-state index contributed by atoms with van der Waals surface area (Å²) < 4.78 is 5.54. The highest BCUT2D eigenvalue weighted by Crippen LogP contribution is 2.32. The highest BCUT2D eigenvalue weighted by atomic mass is 32.1. The van der Waals surface area contributed by atoms with E-state index in [4.69, 9.17) is 4.74 Å². The molecule has 0 saturated heterocycles. The van der Waals surface area contributed by atoms with E-state index in [9.17, 15) is 9.59 Å². The number of nitrogens with one attached hydrogen (secondary N) is 1. The van der Waals surface area contributed by atoms with Gasteiger partial charge in [0.2, 0.25) is 0 Å². The van der Waals surface area contributed by atoms with Gasteiger partial charge in [-0.05, 0) is 62.7 Å². The van der Waals surface area contributed by atoms with Gasteiger partial charge < -0.3 is 10.1 Å². The van der Waals surface area contributed by atoms with E-state index in [0.29, 0.717) is 27.7 Å². The molecule has 0 bridgehead atoms. The van der Waals surface area contributed by atoms with Crippen molar-refractivity contribution in [2.45, 2.75) is 20.8 Å². The Kier molecular flexibility index (Phi) is 5.29. The molecule has 0 fully saturated rings. The van der Waals surface area contributed by atoms with Crippen LogP contribution in [0.1, 0.15) is 37.1 Å². The number of anilines is 1. The number of carbonyl (C=O) groups excluding carboxylic acids is 2. The van der Waals surface area contributed by atoms with Gasteiger partial charge in [0, 0.05) is 22.3 Å². The third-order valence-electron chi connectivity index (χ3n) is 4.63. The van der Waals surface area contributed by atoms with Gasteiger partial charge >= 0.3 is 5.97 Å². The van der Waals surface area contributed by atoms with Gasteiger partial charge in [-0.1, -0.05) is 18.2 Å². The predicted octanol–water partition coefficient (Wildman–Crippen LogP) is 5.09. The molecular weight excluding hydrogens is 398 g/mol. The minimum absolute atomic E-state index is 0.201. The third kappa shape index (κ3) is 3.92. The Morgan fingerprint density at radius 1 is 0.933 bits per heavy atom. The van der Waals surface area contributed by atoms with Gasteiger partial charge in [0.25, 0.3) is 5.91 Å². The molecule has 0 unspecified atom stereocenters. The molecule has 2 heterocycles. The summed E-state index contributed by atoms with van der Waals surface area (Å²) in [5, 5.41) is 3.72. The first-order chi connectivity index (χ1) is 14.4. The van der Waals surface area contributed by atoms with E-state index in [-0.39, 0.29) is 5.91 Å². The lowest BCUT2D eigenvalue weighted by molar-refractivity contribution is 0.0739. The number of rotatable bonds is 4. The standard InChI is InChI=1S/C23H19N3O3S/c1-13-19-14(2)24-15(3)25-22(19)30-20(13)23(28)29-18-11-9-17(10-12-18)26-21(27)16-7-5-4-6-8-16/h4-12H,1-3H3,(H,26,27). The number of carbonyl (C=O) groups is 2. The van der Waals surface area contributed by atoms with E-state index in [1.54, 1.807) is 36.4 Å². The van der Waals surface area contributed by atoms with Crippen molar-refractivity contribution in [2.24, 2.45) is 0 Å². The van der Waals surface area contributed by atoms with Crippen LogP contribution >= 0.6 is 11.3 Å². The van der Waals surface area contributed by atoms with Gasteiger partial charge in [0.15, 0.2) is 0 Å². The number of esters is 1. The Labute approximate surface area is 177 Å². The number of ether oxygens (including phenoxy) is 1. The molecule has 2 aromatic carbocycles. The first-order valence-electron chi connectivity index (χ1n) is 9.35. The fourth-order valence-electron chi connectivity index (χ4n) is 3.22. The summed E-state index contributed by atoms with van der Waals surface area (Å²) in [6.07, 6.45) is 0. The van der Waals surface area contributed by atoms with Crippen LogP contribution in [-0.2, 0) is 0 Å². The molecule has 1 N–H and O–H groups in total. The Morgan fingerprint density at radius 2 is 1.63 bits per heavy atom. The molecule has 0 atom stereocenters. The van der Waals surface area contributed by atoms with Crippen LogP contribution < -0.4 is 10.1 Å². The van der Waals surface area contributed by atoms with Crippen molar-refractivity contribution in [2.75, 3.05) is 5.32 Å². The molecule has 0 radical (unpaired) electrons. The number of hydrogen-bond acceptors (Lipinski definition) is 6. The molecule has 1 amide bonds. The Bertz CT molecular complexity index is 1250. The molecule has 6 nitrogen and oxygen atoms in total. The number of nitrogens with zero attached hydrogens (tertiary/aromatic N) is 2. The lowest BCUT2D eigenvalue weighted by Crippen LogP contribution is -2.11. The van der Waals surface area contributed by atoms with Crippen LogP contribution in [0.5, 0.6) is 5.75 Å². The third-order valence-corrected chi connectivity index (χ3v) is 5.79. The summed E-state index contributed by atoms with van der Waals surface area (Å²) in [6.45, 7) is 5.62. The number of amides is 1. The molecule has 7 heteroatoms. The van der Waals surface area contributed by atoms with Crippen LogP contribution in [0, 0.1) is 20.8 Å². The van der Waals surface area contributed by atoms with Crippen molar-refractivity contribution < 1.29 is 14.3 Å². The average Bonchev–Trinajstić information content (AvgIpc) is 3.06. The van der Waals surface area contributed by atoms with E-state index < -0.39 is 5.97 Å². The molecule has 30 heavy (non-hydrogen) atoms. The maximum Gasteiger partial charge on any atom is 0.354 e. The molecule has 0 aliphatic carbocycles. The summed E-state index contributed by atoms with van der Waals surface area (Å²) >= 11 is 1.31. The van der Waals surface area contributed by atoms with Gasteiger partial charge in [-0.2, -0.15) is 0 Å². The lowest BCUT2D eigenvalue weighted by Gasteiger charge is -2.07. The minimum atomic E-state index is -0.436. The molecule has 4 aromatic rings. The van der Waals surface area contributed by atoms with Gasteiger partial charge in [0.1, 0.15) is 21.3 Å². The molecular formula is C23H19N3O3S. The van der Waals surface area contributed by atoms with Crippen molar-refractivity contribution in [3.63, 3.8) is 0 Å². The van der Waals surface area contributed by atoms with Crippen LogP contribution in [0.25, 0.3) is 10.2 Å². The molecule has 0 aliphatic heterocycles. The maximum atomic E-state index is 12.7. The molecule has 0 saturated carbocycles. The summed E-state index contributed by atoms with van der Waals surface area (Å²) in [6, 6.07) is 15.6. The van der Waals surface area contributed by atoms with Crippen LogP contribution in [0.2, 0.25) is 0 Å². The number of benzene rings is 2. The summed E-state index contributed by atoms with van der Waals surface area (Å²) in [7, 11) is 0. The number of aromatic nitrogens is 2. The fourth-order valence-corrected chi connectivity index (χ4v) is 4.37.